The van der Waals surface area contributed by atoms with E-state index in [0.29, 0.717) is 36.7 Å². The van der Waals surface area contributed by atoms with Crippen LogP contribution in [-0.2, 0) is 23.7 Å². The standard InChI is InChI=1S/C24H31O5/c1-21(2)26-12-24(29-21)18-7-6-16-15-5-4-13-10-14(25)8-9-22(13,3)19(15)17-11-23(16,18)20(27-17)28-24/h4,10,15-20H,5-9,11-12H2,1-3H3/t15-,16-,17?,18-,19+,20+,22-,23+,24+/m0/s1. The van der Waals surface area contributed by atoms with Gasteiger partial charge in [0.2, 0.25) is 5.79 Å². The summed E-state index contributed by atoms with van der Waals surface area (Å²) in [4.78, 5) is 12.1. The quantitative estimate of drug-likeness (QED) is 0.621. The monoisotopic (exact) mass is 399 g/mol. The molecule has 5 heteroatoms. The summed E-state index contributed by atoms with van der Waals surface area (Å²) in [5, 5.41) is 0. The van der Waals surface area contributed by atoms with Crippen LogP contribution in [0.4, 0.5) is 0 Å². The molecule has 0 aromatic rings. The summed E-state index contributed by atoms with van der Waals surface area (Å²) in [5.41, 5.74) is 1.41. The van der Waals surface area contributed by atoms with Gasteiger partial charge in [-0.2, -0.15) is 0 Å². The number of allylic oxidation sites excluding steroid dienone is 1. The summed E-state index contributed by atoms with van der Waals surface area (Å²) >= 11 is 0. The van der Waals surface area contributed by atoms with Gasteiger partial charge in [0.05, 0.1) is 6.10 Å². The molecule has 0 N–H and O–H groups in total. The Hall–Kier alpha value is -0.750. The number of ether oxygens (including phenoxy) is 4. The second kappa shape index (κ2) is 5.17. The van der Waals surface area contributed by atoms with Gasteiger partial charge in [0.25, 0.3) is 0 Å². The summed E-state index contributed by atoms with van der Waals surface area (Å²) < 4.78 is 25.8. The lowest BCUT2D eigenvalue weighted by Crippen LogP contribution is -2.55. The Morgan fingerprint density at radius 2 is 2.03 bits per heavy atom. The van der Waals surface area contributed by atoms with Crippen LogP contribution in [0.25, 0.3) is 0 Å². The third-order valence-electron chi connectivity index (χ3n) is 9.87. The Balaban J connectivity index is 1.29. The second-order valence-electron chi connectivity index (χ2n) is 11.4. The Bertz CT molecular complexity index is 833. The molecule has 3 saturated heterocycles. The van der Waals surface area contributed by atoms with E-state index in [2.05, 4.69) is 13.3 Å². The zero-order valence-electron chi connectivity index (χ0n) is 17.6. The van der Waals surface area contributed by atoms with Crippen LogP contribution < -0.4 is 0 Å². The van der Waals surface area contributed by atoms with Crippen LogP contribution in [0.3, 0.4) is 0 Å². The van der Waals surface area contributed by atoms with Gasteiger partial charge in [0.15, 0.2) is 17.9 Å². The van der Waals surface area contributed by atoms with E-state index in [0.717, 1.165) is 25.7 Å². The highest BCUT2D eigenvalue weighted by Crippen LogP contribution is 2.76. The molecule has 1 unspecified atom stereocenters. The van der Waals surface area contributed by atoms with E-state index in [-0.39, 0.29) is 29.0 Å². The van der Waals surface area contributed by atoms with Gasteiger partial charge < -0.3 is 18.9 Å². The van der Waals surface area contributed by atoms with Crippen molar-refractivity contribution in [3.8, 4) is 0 Å². The van der Waals surface area contributed by atoms with E-state index < -0.39 is 11.6 Å². The zero-order chi connectivity index (χ0) is 19.8. The van der Waals surface area contributed by atoms with E-state index in [9.17, 15) is 4.79 Å². The van der Waals surface area contributed by atoms with E-state index in [1.54, 1.807) is 0 Å². The number of hydrogen-bond donors (Lipinski definition) is 0. The minimum atomic E-state index is -0.634. The molecule has 7 aliphatic rings. The molecule has 0 aromatic carbocycles. The van der Waals surface area contributed by atoms with Crippen molar-refractivity contribution in [1.82, 2.24) is 0 Å². The molecule has 2 spiro atoms. The zero-order valence-corrected chi connectivity index (χ0v) is 17.6. The first-order valence-electron chi connectivity index (χ1n) is 11.5. The fourth-order valence-corrected chi connectivity index (χ4v) is 8.96. The molecule has 3 aliphatic heterocycles. The van der Waals surface area contributed by atoms with Crippen molar-refractivity contribution < 1.29 is 23.7 Å². The summed E-state index contributed by atoms with van der Waals surface area (Å²) in [6, 6.07) is 0. The first kappa shape index (κ1) is 17.9. The van der Waals surface area contributed by atoms with Crippen molar-refractivity contribution >= 4 is 5.78 Å². The largest absolute Gasteiger partial charge is 0.348 e. The maximum atomic E-state index is 12.1. The first-order chi connectivity index (χ1) is 13.8. The minimum absolute atomic E-state index is 0.0620. The number of carbonyl (C=O) groups excluding carboxylic acids is 1. The van der Waals surface area contributed by atoms with Crippen molar-refractivity contribution in [2.45, 2.75) is 83.3 Å². The average Bonchev–Trinajstić information content (AvgIpc) is 3.33. The highest BCUT2D eigenvalue weighted by atomic mass is 16.9. The van der Waals surface area contributed by atoms with Crippen LogP contribution >= 0.6 is 0 Å². The SMILES string of the molecule is CC1(C)OC[C@@]2(O[C@H]3OC4C[C@@]35[C@@H]2CC[C@H]5[C@@H]2C[CH]C3=CC(=O)CC[C@]3(C)[C@@H]42)O1. The van der Waals surface area contributed by atoms with Crippen LogP contribution in [0, 0.1) is 40.9 Å². The van der Waals surface area contributed by atoms with Crippen molar-refractivity contribution in [1.29, 1.82) is 0 Å². The van der Waals surface area contributed by atoms with E-state index in [1.807, 2.05) is 19.9 Å². The third-order valence-corrected chi connectivity index (χ3v) is 9.87. The molecule has 0 aromatic heterocycles. The van der Waals surface area contributed by atoms with Crippen molar-refractivity contribution in [3.63, 3.8) is 0 Å². The van der Waals surface area contributed by atoms with Gasteiger partial charge >= 0.3 is 0 Å². The maximum absolute atomic E-state index is 12.1. The molecule has 3 heterocycles. The van der Waals surface area contributed by atoms with Crippen LogP contribution in [0.1, 0.15) is 59.3 Å². The minimum Gasteiger partial charge on any atom is -0.348 e. The van der Waals surface area contributed by atoms with Crippen LogP contribution in [0.2, 0.25) is 0 Å². The molecule has 4 aliphatic carbocycles. The van der Waals surface area contributed by atoms with Crippen LogP contribution in [0.15, 0.2) is 11.6 Å². The molecule has 29 heavy (non-hydrogen) atoms. The lowest BCUT2D eigenvalue weighted by molar-refractivity contribution is -0.293. The lowest BCUT2D eigenvalue weighted by atomic mass is 9.46. The number of hydrogen-bond acceptors (Lipinski definition) is 5. The molecule has 2 bridgehead atoms. The lowest BCUT2D eigenvalue weighted by Gasteiger charge is -2.57. The summed E-state index contributed by atoms with van der Waals surface area (Å²) in [6.45, 7) is 6.87. The molecule has 157 valence electrons. The maximum Gasteiger partial charge on any atom is 0.201 e. The number of rotatable bonds is 0. The Labute approximate surface area is 172 Å². The Morgan fingerprint density at radius 1 is 1.17 bits per heavy atom. The van der Waals surface area contributed by atoms with Crippen molar-refractivity contribution in [2.75, 3.05) is 6.61 Å². The van der Waals surface area contributed by atoms with Gasteiger partial charge in [0.1, 0.15) is 6.61 Å². The molecular formula is C24H31O5. The molecule has 5 nitrogen and oxygen atoms in total. The molecule has 9 atom stereocenters. The third kappa shape index (κ3) is 1.96. The van der Waals surface area contributed by atoms with E-state index >= 15 is 0 Å². The van der Waals surface area contributed by atoms with Gasteiger partial charge in [-0.15, -0.1) is 0 Å². The number of ketones is 1. The van der Waals surface area contributed by atoms with Gasteiger partial charge in [-0.1, -0.05) is 12.5 Å². The molecule has 7 rings (SSSR count). The summed E-state index contributed by atoms with van der Waals surface area (Å²) in [7, 11) is 0. The Morgan fingerprint density at radius 3 is 2.83 bits per heavy atom. The van der Waals surface area contributed by atoms with Gasteiger partial charge in [-0.25, -0.2) is 0 Å². The van der Waals surface area contributed by atoms with E-state index in [1.165, 1.54) is 12.0 Å². The fraction of sp³-hybridized carbons (Fsp3) is 0.833. The average molecular weight is 400 g/mol. The molecular weight excluding hydrogens is 368 g/mol. The fourth-order valence-electron chi connectivity index (χ4n) is 8.96. The molecule has 6 fully saturated rings. The molecule has 3 saturated carbocycles. The van der Waals surface area contributed by atoms with E-state index in [4.69, 9.17) is 18.9 Å². The summed E-state index contributed by atoms with van der Waals surface area (Å²) in [6.07, 6.45) is 10.5. The highest BCUT2D eigenvalue weighted by Gasteiger charge is 2.79. The van der Waals surface area contributed by atoms with Gasteiger partial charge in [-0.05, 0) is 81.6 Å². The summed E-state index contributed by atoms with van der Waals surface area (Å²) in [5.74, 6) is 1.14. The van der Waals surface area contributed by atoms with Crippen molar-refractivity contribution in [3.05, 3.63) is 18.1 Å². The van der Waals surface area contributed by atoms with Gasteiger partial charge in [-0.3, -0.25) is 4.79 Å². The smallest absolute Gasteiger partial charge is 0.201 e. The predicted molar refractivity (Wildman–Crippen MR) is 103 cm³/mol. The molecule has 0 amide bonds. The van der Waals surface area contributed by atoms with Crippen LogP contribution in [0.5, 0.6) is 0 Å². The number of carbonyl (C=O) groups is 1. The second-order valence-corrected chi connectivity index (χ2v) is 11.4. The highest BCUT2D eigenvalue weighted by molar-refractivity contribution is 5.92. The van der Waals surface area contributed by atoms with Crippen LogP contribution in [-0.4, -0.2) is 36.4 Å². The van der Waals surface area contributed by atoms with Gasteiger partial charge in [0, 0.05) is 17.8 Å². The number of fused-ring (bicyclic) bond motifs is 7. The predicted octanol–water partition coefficient (Wildman–Crippen LogP) is 3.77. The Kier molecular flexibility index (Phi) is 3.19. The molecule has 1 radical (unpaired) electrons. The van der Waals surface area contributed by atoms with Crippen molar-refractivity contribution in [2.24, 2.45) is 34.5 Å². The first-order valence-corrected chi connectivity index (χ1v) is 11.5. The normalized spacial score (nSPS) is 58.9. The topological polar surface area (TPSA) is 54.0 Å².